The largest absolute Gasteiger partial charge is 0.352 e. The molecule has 5 heteroatoms. The Balaban J connectivity index is 2.17. The summed E-state index contributed by atoms with van der Waals surface area (Å²) in [6.45, 7) is 8.17. The molecule has 3 N–H and O–H groups in total. The highest BCUT2D eigenvalue weighted by Crippen LogP contribution is 2.18. The third kappa shape index (κ3) is 5.56. The summed E-state index contributed by atoms with van der Waals surface area (Å²) < 4.78 is 0. The highest BCUT2D eigenvalue weighted by molar-refractivity contribution is 5.84. The Kier molecular flexibility index (Phi) is 4.37. The lowest BCUT2D eigenvalue weighted by molar-refractivity contribution is -0.121. The van der Waals surface area contributed by atoms with Crippen LogP contribution in [0.3, 0.4) is 0 Å². The molecule has 0 aliphatic heterocycles. The molecule has 0 aromatic rings. The van der Waals surface area contributed by atoms with Crippen LogP contribution in [-0.4, -0.2) is 30.6 Å². The molecular formula is C12H23N3O2. The molecule has 0 aromatic carbocycles. The van der Waals surface area contributed by atoms with Gasteiger partial charge in [0.15, 0.2) is 0 Å². The van der Waals surface area contributed by atoms with E-state index in [4.69, 9.17) is 0 Å². The standard InChI is InChI=1S/C12H23N3O2/c1-8(12(2,3)4)14-10(16)7-13-11(17)15-9-5-6-9/h8-9H,5-7H2,1-4H3,(H,14,16)(H2,13,15,17)/t8-/m0/s1. The molecule has 17 heavy (non-hydrogen) atoms. The second kappa shape index (κ2) is 5.38. The van der Waals surface area contributed by atoms with Crippen molar-refractivity contribution in [2.75, 3.05) is 6.54 Å². The van der Waals surface area contributed by atoms with Crippen molar-refractivity contribution in [1.29, 1.82) is 0 Å². The molecule has 0 unspecified atom stereocenters. The van der Waals surface area contributed by atoms with E-state index in [9.17, 15) is 9.59 Å². The average Bonchev–Trinajstić information content (AvgIpc) is 2.97. The van der Waals surface area contributed by atoms with Crippen molar-refractivity contribution in [1.82, 2.24) is 16.0 Å². The summed E-state index contributed by atoms with van der Waals surface area (Å²) in [5, 5.41) is 8.17. The molecule has 1 saturated carbocycles. The summed E-state index contributed by atoms with van der Waals surface area (Å²) in [4.78, 5) is 22.8. The van der Waals surface area contributed by atoms with E-state index in [1.54, 1.807) is 0 Å². The number of hydrogen-bond acceptors (Lipinski definition) is 2. The molecule has 0 aromatic heterocycles. The first-order valence-corrected chi connectivity index (χ1v) is 6.13. The molecule has 0 saturated heterocycles. The van der Waals surface area contributed by atoms with Gasteiger partial charge >= 0.3 is 6.03 Å². The minimum absolute atomic E-state index is 0.0198. The second-order valence-corrected chi connectivity index (χ2v) is 5.76. The van der Waals surface area contributed by atoms with E-state index in [-0.39, 0.29) is 29.9 Å². The summed E-state index contributed by atoms with van der Waals surface area (Å²) in [6.07, 6.45) is 2.08. The van der Waals surface area contributed by atoms with Gasteiger partial charge in [-0.15, -0.1) is 0 Å². The first-order chi connectivity index (χ1) is 7.79. The van der Waals surface area contributed by atoms with Gasteiger partial charge in [0.25, 0.3) is 0 Å². The predicted octanol–water partition coefficient (Wildman–Crippen LogP) is 0.999. The Morgan fingerprint density at radius 2 is 1.88 bits per heavy atom. The SMILES string of the molecule is C[C@H](NC(=O)CNC(=O)NC1CC1)C(C)(C)C. The van der Waals surface area contributed by atoms with E-state index in [0.717, 1.165) is 12.8 Å². The van der Waals surface area contributed by atoms with Crippen LogP contribution < -0.4 is 16.0 Å². The lowest BCUT2D eigenvalue weighted by Crippen LogP contribution is -2.47. The van der Waals surface area contributed by atoms with Crippen LogP contribution in [0, 0.1) is 5.41 Å². The fourth-order valence-corrected chi connectivity index (χ4v) is 1.13. The van der Waals surface area contributed by atoms with Crippen LogP contribution in [0.4, 0.5) is 4.79 Å². The molecule has 1 atom stereocenters. The van der Waals surface area contributed by atoms with Gasteiger partial charge in [0.1, 0.15) is 0 Å². The van der Waals surface area contributed by atoms with Gasteiger partial charge in [-0.1, -0.05) is 20.8 Å². The number of carbonyl (C=O) groups excluding carboxylic acids is 2. The molecule has 5 nitrogen and oxygen atoms in total. The maximum absolute atomic E-state index is 11.6. The Morgan fingerprint density at radius 3 is 2.35 bits per heavy atom. The topological polar surface area (TPSA) is 70.2 Å². The van der Waals surface area contributed by atoms with E-state index in [1.165, 1.54) is 0 Å². The lowest BCUT2D eigenvalue weighted by atomic mass is 9.88. The van der Waals surface area contributed by atoms with E-state index >= 15 is 0 Å². The zero-order chi connectivity index (χ0) is 13.1. The molecule has 0 bridgehead atoms. The predicted molar refractivity (Wildman–Crippen MR) is 66.6 cm³/mol. The quantitative estimate of drug-likeness (QED) is 0.687. The van der Waals surface area contributed by atoms with Gasteiger partial charge in [0.2, 0.25) is 5.91 Å². The number of carbonyl (C=O) groups is 2. The summed E-state index contributed by atoms with van der Waals surface area (Å²) in [7, 11) is 0. The van der Waals surface area contributed by atoms with Gasteiger partial charge in [0, 0.05) is 12.1 Å². The van der Waals surface area contributed by atoms with Crippen LogP contribution in [0.1, 0.15) is 40.5 Å². The first kappa shape index (κ1) is 13.8. The fourth-order valence-electron chi connectivity index (χ4n) is 1.13. The van der Waals surface area contributed by atoms with E-state index in [2.05, 4.69) is 36.7 Å². The summed E-state index contributed by atoms with van der Waals surface area (Å²) >= 11 is 0. The number of nitrogens with one attached hydrogen (secondary N) is 3. The van der Waals surface area contributed by atoms with Crippen molar-refractivity contribution >= 4 is 11.9 Å². The summed E-state index contributed by atoms with van der Waals surface area (Å²) in [5.74, 6) is -0.154. The van der Waals surface area contributed by atoms with Gasteiger partial charge in [0.05, 0.1) is 6.54 Å². The van der Waals surface area contributed by atoms with Crippen molar-refractivity contribution in [3.8, 4) is 0 Å². The van der Waals surface area contributed by atoms with Crippen LogP contribution in [0.25, 0.3) is 0 Å². The number of hydrogen-bond donors (Lipinski definition) is 3. The maximum Gasteiger partial charge on any atom is 0.315 e. The highest BCUT2D eigenvalue weighted by Gasteiger charge is 2.24. The Labute approximate surface area is 103 Å². The first-order valence-electron chi connectivity index (χ1n) is 6.13. The third-order valence-corrected chi connectivity index (χ3v) is 3.00. The van der Waals surface area contributed by atoms with Gasteiger partial charge in [-0.05, 0) is 25.2 Å². The minimum atomic E-state index is -0.258. The van der Waals surface area contributed by atoms with Gasteiger partial charge in [-0.2, -0.15) is 0 Å². The third-order valence-electron chi connectivity index (χ3n) is 3.00. The molecule has 1 fully saturated rings. The Hall–Kier alpha value is -1.26. The van der Waals surface area contributed by atoms with Crippen LogP contribution in [0.5, 0.6) is 0 Å². The lowest BCUT2D eigenvalue weighted by Gasteiger charge is -2.28. The highest BCUT2D eigenvalue weighted by atomic mass is 16.2. The smallest absolute Gasteiger partial charge is 0.315 e. The maximum atomic E-state index is 11.6. The van der Waals surface area contributed by atoms with Crippen molar-refractivity contribution < 1.29 is 9.59 Å². The monoisotopic (exact) mass is 241 g/mol. The van der Waals surface area contributed by atoms with Crippen LogP contribution in [0.2, 0.25) is 0 Å². The number of rotatable bonds is 4. The normalized spacial score (nSPS) is 17.2. The molecule has 1 aliphatic carbocycles. The fraction of sp³-hybridized carbons (Fsp3) is 0.833. The van der Waals surface area contributed by atoms with E-state index in [0.29, 0.717) is 6.04 Å². The van der Waals surface area contributed by atoms with Crippen molar-refractivity contribution in [2.24, 2.45) is 5.41 Å². The summed E-state index contributed by atoms with van der Waals surface area (Å²) in [6, 6.07) is 0.126. The Morgan fingerprint density at radius 1 is 1.29 bits per heavy atom. The zero-order valence-corrected chi connectivity index (χ0v) is 11.1. The molecule has 98 valence electrons. The minimum Gasteiger partial charge on any atom is -0.352 e. The number of amides is 3. The molecule has 0 spiro atoms. The van der Waals surface area contributed by atoms with Crippen molar-refractivity contribution in [3.05, 3.63) is 0 Å². The second-order valence-electron chi connectivity index (χ2n) is 5.76. The van der Waals surface area contributed by atoms with Crippen molar-refractivity contribution in [2.45, 2.75) is 52.6 Å². The molecule has 1 aliphatic rings. The van der Waals surface area contributed by atoms with Crippen LogP contribution in [0.15, 0.2) is 0 Å². The molecule has 1 rings (SSSR count). The molecule has 3 amide bonds. The van der Waals surface area contributed by atoms with Crippen molar-refractivity contribution in [3.63, 3.8) is 0 Å². The zero-order valence-electron chi connectivity index (χ0n) is 11.1. The molecule has 0 heterocycles. The Bertz CT molecular complexity index is 293. The summed E-state index contributed by atoms with van der Waals surface area (Å²) in [5.41, 5.74) is 0.0198. The van der Waals surface area contributed by atoms with E-state index < -0.39 is 0 Å². The van der Waals surface area contributed by atoms with Crippen LogP contribution in [-0.2, 0) is 4.79 Å². The number of urea groups is 1. The molecule has 0 radical (unpaired) electrons. The van der Waals surface area contributed by atoms with Gasteiger partial charge in [-0.3, -0.25) is 4.79 Å². The van der Waals surface area contributed by atoms with Gasteiger partial charge in [-0.25, -0.2) is 4.79 Å². The van der Waals surface area contributed by atoms with Crippen LogP contribution >= 0.6 is 0 Å². The average molecular weight is 241 g/mol. The van der Waals surface area contributed by atoms with E-state index in [1.807, 2.05) is 6.92 Å². The van der Waals surface area contributed by atoms with Gasteiger partial charge < -0.3 is 16.0 Å². The molecular weight excluding hydrogens is 218 g/mol.